The van der Waals surface area contributed by atoms with E-state index in [1.807, 2.05) is 23.5 Å². The van der Waals surface area contributed by atoms with E-state index >= 15 is 0 Å². The molecule has 1 heterocycles. The van der Waals surface area contributed by atoms with Crippen LogP contribution in [-0.4, -0.2) is 34.5 Å². The Balaban J connectivity index is 1.55. The zero-order valence-electron chi connectivity index (χ0n) is 11.2. The Morgan fingerprint density at radius 2 is 2.11 bits per heavy atom. The second kappa shape index (κ2) is 6.08. The molecule has 0 bridgehead atoms. The van der Waals surface area contributed by atoms with Gasteiger partial charge in [0.15, 0.2) is 5.17 Å². The molecule has 2 aliphatic carbocycles. The van der Waals surface area contributed by atoms with Crippen LogP contribution >= 0.6 is 23.5 Å². The van der Waals surface area contributed by atoms with E-state index in [9.17, 15) is 0 Å². The van der Waals surface area contributed by atoms with Gasteiger partial charge in [-0.25, -0.2) is 0 Å². The molecule has 4 unspecified atom stereocenters. The molecule has 0 aromatic carbocycles. The molecular formula is C14H24N2S2. The zero-order valence-corrected chi connectivity index (χ0v) is 12.9. The maximum absolute atomic E-state index is 4.98. The lowest BCUT2D eigenvalue weighted by Crippen LogP contribution is -2.38. The molecular weight excluding hydrogens is 260 g/mol. The highest BCUT2D eigenvalue weighted by atomic mass is 32.2. The first-order valence-corrected chi connectivity index (χ1v) is 9.62. The van der Waals surface area contributed by atoms with Crippen LogP contribution in [0.4, 0.5) is 0 Å². The Labute approximate surface area is 119 Å². The van der Waals surface area contributed by atoms with Crippen molar-refractivity contribution in [1.82, 2.24) is 5.32 Å². The van der Waals surface area contributed by atoms with Gasteiger partial charge in [-0.1, -0.05) is 24.6 Å². The Bertz CT molecular complexity index is 319. The summed E-state index contributed by atoms with van der Waals surface area (Å²) in [5.74, 6) is 2.17. The van der Waals surface area contributed by atoms with E-state index in [4.69, 9.17) is 4.99 Å². The lowest BCUT2D eigenvalue weighted by molar-refractivity contribution is 0.335. The molecule has 3 rings (SSSR count). The van der Waals surface area contributed by atoms with Crippen LogP contribution in [0.15, 0.2) is 4.99 Å². The summed E-state index contributed by atoms with van der Waals surface area (Å²) >= 11 is 4.01. The van der Waals surface area contributed by atoms with Crippen LogP contribution in [-0.2, 0) is 0 Å². The molecule has 1 aliphatic heterocycles. The van der Waals surface area contributed by atoms with Crippen molar-refractivity contribution in [1.29, 1.82) is 0 Å². The van der Waals surface area contributed by atoms with E-state index in [1.165, 1.54) is 55.9 Å². The first-order valence-electron chi connectivity index (χ1n) is 7.35. The standard InChI is InChI=1S/C14H24N2S2/c1-17-12-7-6-11(8-12)15-14-16-13-5-3-2-4-10(13)9-18-14/h10-13H,2-9H2,1H3,(H,15,16). The molecule has 0 aromatic rings. The summed E-state index contributed by atoms with van der Waals surface area (Å²) in [6.07, 6.45) is 11.8. The molecule has 0 saturated heterocycles. The van der Waals surface area contributed by atoms with Crippen LogP contribution in [0.2, 0.25) is 0 Å². The minimum atomic E-state index is 0.639. The van der Waals surface area contributed by atoms with Crippen molar-refractivity contribution in [2.45, 2.75) is 62.3 Å². The largest absolute Gasteiger partial charge is 0.362 e. The van der Waals surface area contributed by atoms with Crippen LogP contribution in [0.1, 0.15) is 44.9 Å². The fourth-order valence-electron chi connectivity index (χ4n) is 3.47. The number of nitrogens with one attached hydrogen (secondary N) is 1. The SMILES string of the molecule is CSC1CCC(NC2=NC3CCCCC3CS2)C1. The highest BCUT2D eigenvalue weighted by Gasteiger charge is 2.31. The second-order valence-electron chi connectivity index (χ2n) is 5.87. The van der Waals surface area contributed by atoms with E-state index in [0.29, 0.717) is 12.1 Å². The minimum Gasteiger partial charge on any atom is -0.362 e. The third-order valence-electron chi connectivity index (χ3n) is 4.63. The van der Waals surface area contributed by atoms with E-state index in [0.717, 1.165) is 11.2 Å². The topological polar surface area (TPSA) is 24.4 Å². The van der Waals surface area contributed by atoms with Gasteiger partial charge in [-0.3, -0.25) is 4.99 Å². The van der Waals surface area contributed by atoms with Crippen LogP contribution in [0.25, 0.3) is 0 Å². The normalized spacial score (nSPS) is 40.2. The van der Waals surface area contributed by atoms with Crippen molar-refractivity contribution in [3.05, 3.63) is 0 Å². The minimum absolute atomic E-state index is 0.639. The number of rotatable bonds is 2. The number of fused-ring (bicyclic) bond motifs is 1. The fourth-order valence-corrected chi connectivity index (χ4v) is 5.48. The molecule has 3 aliphatic rings. The number of nitrogens with zero attached hydrogens (tertiary/aromatic N) is 1. The van der Waals surface area contributed by atoms with Crippen LogP contribution in [0.5, 0.6) is 0 Å². The van der Waals surface area contributed by atoms with Crippen molar-refractivity contribution in [2.24, 2.45) is 10.9 Å². The quantitative estimate of drug-likeness (QED) is 0.839. The Morgan fingerprint density at radius 1 is 1.22 bits per heavy atom. The number of thioether (sulfide) groups is 2. The van der Waals surface area contributed by atoms with E-state index in [-0.39, 0.29) is 0 Å². The predicted octanol–water partition coefficient (Wildman–Crippen LogP) is 3.52. The van der Waals surface area contributed by atoms with Gasteiger partial charge in [-0.15, -0.1) is 0 Å². The highest BCUT2D eigenvalue weighted by Crippen LogP contribution is 2.34. The molecule has 2 saturated carbocycles. The van der Waals surface area contributed by atoms with E-state index in [2.05, 4.69) is 11.6 Å². The van der Waals surface area contributed by atoms with Crippen molar-refractivity contribution < 1.29 is 0 Å². The average molecular weight is 284 g/mol. The lowest BCUT2D eigenvalue weighted by atomic mass is 9.86. The van der Waals surface area contributed by atoms with E-state index < -0.39 is 0 Å². The summed E-state index contributed by atoms with van der Waals surface area (Å²) in [5, 5.41) is 5.84. The summed E-state index contributed by atoms with van der Waals surface area (Å²) < 4.78 is 0. The zero-order chi connectivity index (χ0) is 12.4. The molecule has 0 amide bonds. The number of hydrogen-bond donors (Lipinski definition) is 1. The molecule has 1 N–H and O–H groups in total. The van der Waals surface area contributed by atoms with Crippen LogP contribution < -0.4 is 5.32 Å². The number of aliphatic imine (C=N–C) groups is 1. The van der Waals surface area contributed by atoms with Crippen molar-refractivity contribution in [3.63, 3.8) is 0 Å². The van der Waals surface area contributed by atoms with Gasteiger partial charge in [0.1, 0.15) is 0 Å². The molecule has 2 fully saturated rings. The van der Waals surface area contributed by atoms with Gasteiger partial charge in [0.25, 0.3) is 0 Å². The lowest BCUT2D eigenvalue weighted by Gasteiger charge is -2.33. The summed E-state index contributed by atoms with van der Waals surface area (Å²) in [4.78, 5) is 4.98. The van der Waals surface area contributed by atoms with Crippen molar-refractivity contribution in [3.8, 4) is 0 Å². The van der Waals surface area contributed by atoms with Crippen molar-refractivity contribution >= 4 is 28.7 Å². The Morgan fingerprint density at radius 3 is 2.94 bits per heavy atom. The summed E-state index contributed by atoms with van der Waals surface area (Å²) in [6, 6.07) is 1.33. The van der Waals surface area contributed by atoms with Gasteiger partial charge < -0.3 is 5.32 Å². The van der Waals surface area contributed by atoms with Gasteiger partial charge in [-0.05, 0) is 44.3 Å². The Kier molecular flexibility index (Phi) is 4.45. The predicted molar refractivity (Wildman–Crippen MR) is 83.7 cm³/mol. The number of amidine groups is 1. The molecule has 102 valence electrons. The summed E-state index contributed by atoms with van der Waals surface area (Å²) in [7, 11) is 0. The third-order valence-corrected chi connectivity index (χ3v) is 6.82. The first kappa shape index (κ1) is 13.2. The maximum Gasteiger partial charge on any atom is 0.157 e. The highest BCUT2D eigenvalue weighted by molar-refractivity contribution is 8.13. The van der Waals surface area contributed by atoms with Gasteiger partial charge in [0.2, 0.25) is 0 Å². The fraction of sp³-hybridized carbons (Fsp3) is 0.929. The second-order valence-corrected chi connectivity index (χ2v) is 8.02. The molecule has 4 atom stereocenters. The molecule has 0 aromatic heterocycles. The molecule has 0 spiro atoms. The Hall–Kier alpha value is 0.170. The third kappa shape index (κ3) is 3.01. The summed E-state index contributed by atoms with van der Waals surface area (Å²) in [5.41, 5.74) is 0. The molecule has 0 radical (unpaired) electrons. The van der Waals surface area contributed by atoms with Gasteiger partial charge in [-0.2, -0.15) is 11.8 Å². The van der Waals surface area contributed by atoms with Gasteiger partial charge in [0.05, 0.1) is 6.04 Å². The van der Waals surface area contributed by atoms with E-state index in [1.54, 1.807) is 0 Å². The average Bonchev–Trinajstić information content (AvgIpc) is 2.86. The van der Waals surface area contributed by atoms with Crippen molar-refractivity contribution in [2.75, 3.05) is 12.0 Å². The summed E-state index contributed by atoms with van der Waals surface area (Å²) in [6.45, 7) is 0. The first-order chi connectivity index (χ1) is 8.85. The molecule has 4 heteroatoms. The maximum atomic E-state index is 4.98. The molecule has 18 heavy (non-hydrogen) atoms. The van der Waals surface area contributed by atoms with Gasteiger partial charge in [0, 0.05) is 17.0 Å². The monoisotopic (exact) mass is 284 g/mol. The van der Waals surface area contributed by atoms with Crippen LogP contribution in [0, 0.1) is 5.92 Å². The van der Waals surface area contributed by atoms with Gasteiger partial charge >= 0.3 is 0 Å². The smallest absolute Gasteiger partial charge is 0.157 e. The number of hydrogen-bond acceptors (Lipinski definition) is 4. The van der Waals surface area contributed by atoms with Crippen LogP contribution in [0.3, 0.4) is 0 Å². The molecule has 2 nitrogen and oxygen atoms in total.